The summed E-state index contributed by atoms with van der Waals surface area (Å²) in [7, 11) is 0. The Hall–Kier alpha value is -0.220. The zero-order valence-electron chi connectivity index (χ0n) is 11.4. The third kappa shape index (κ3) is 3.16. The molecule has 98 valence electrons. The van der Waals surface area contributed by atoms with E-state index in [1.807, 2.05) is 11.8 Å². The third-order valence-corrected chi connectivity index (χ3v) is 5.05. The molecule has 1 atom stereocenters. The molecule has 2 fully saturated rings. The Morgan fingerprint density at radius 2 is 2.00 bits per heavy atom. The second kappa shape index (κ2) is 4.81. The molecular weight excluding hydrogens is 232 g/mol. The van der Waals surface area contributed by atoms with E-state index in [1.165, 1.54) is 0 Å². The van der Waals surface area contributed by atoms with E-state index in [9.17, 15) is 0 Å². The summed E-state index contributed by atoms with van der Waals surface area (Å²) in [4.78, 5) is 4.82. The highest BCUT2D eigenvalue weighted by atomic mass is 32.2. The van der Waals surface area contributed by atoms with Crippen LogP contribution in [-0.2, 0) is 4.74 Å². The quantitative estimate of drug-likeness (QED) is 0.783. The fraction of sp³-hybridized carbons (Fsp3) is 0.923. The van der Waals surface area contributed by atoms with Gasteiger partial charge in [0.25, 0.3) is 0 Å². The van der Waals surface area contributed by atoms with Crippen LogP contribution in [0.4, 0.5) is 0 Å². The van der Waals surface area contributed by atoms with Gasteiger partial charge in [-0.25, -0.2) is 0 Å². The molecule has 3 nitrogen and oxygen atoms in total. The predicted octanol–water partition coefficient (Wildman–Crippen LogP) is 2.66. The fourth-order valence-corrected chi connectivity index (χ4v) is 3.27. The molecule has 0 saturated carbocycles. The van der Waals surface area contributed by atoms with Crippen LogP contribution in [0.25, 0.3) is 0 Å². The van der Waals surface area contributed by atoms with Gasteiger partial charge in [-0.15, -0.1) is 0 Å². The lowest BCUT2D eigenvalue weighted by atomic mass is 9.88. The van der Waals surface area contributed by atoms with Crippen molar-refractivity contribution in [3.63, 3.8) is 0 Å². The molecule has 1 N–H and O–H groups in total. The molecule has 2 aliphatic heterocycles. The molecule has 2 heterocycles. The molecule has 0 radical (unpaired) electrons. The van der Waals surface area contributed by atoms with Gasteiger partial charge in [0, 0.05) is 19.0 Å². The van der Waals surface area contributed by atoms with Crippen molar-refractivity contribution in [2.75, 3.05) is 19.0 Å². The van der Waals surface area contributed by atoms with Crippen LogP contribution in [-0.4, -0.2) is 35.7 Å². The molecular formula is C13H24N2OS. The van der Waals surface area contributed by atoms with Gasteiger partial charge in [-0.05, 0) is 25.2 Å². The maximum atomic E-state index is 5.44. The van der Waals surface area contributed by atoms with Crippen LogP contribution in [0.15, 0.2) is 4.99 Å². The summed E-state index contributed by atoms with van der Waals surface area (Å²) in [5.41, 5.74) is 0.500. The standard InChI is InChI=1S/C13H24N2OS/c1-10(12(2,3)4)14-11-15-13(9-17-11)5-7-16-8-6-13/h10H,5-9H2,1-4H3,(H,14,15). The van der Waals surface area contributed by atoms with Gasteiger partial charge in [-0.1, -0.05) is 32.5 Å². The van der Waals surface area contributed by atoms with E-state index < -0.39 is 0 Å². The lowest BCUT2D eigenvalue weighted by Crippen LogP contribution is -2.48. The zero-order chi connectivity index (χ0) is 12.5. The smallest absolute Gasteiger partial charge is 0.157 e. The van der Waals surface area contributed by atoms with E-state index in [0.29, 0.717) is 6.04 Å². The van der Waals surface area contributed by atoms with E-state index in [4.69, 9.17) is 9.73 Å². The van der Waals surface area contributed by atoms with Crippen molar-refractivity contribution in [3.05, 3.63) is 0 Å². The van der Waals surface area contributed by atoms with Crippen molar-refractivity contribution < 1.29 is 4.74 Å². The van der Waals surface area contributed by atoms with Crippen molar-refractivity contribution in [3.8, 4) is 0 Å². The number of amidine groups is 1. The molecule has 2 rings (SSSR count). The lowest BCUT2D eigenvalue weighted by Gasteiger charge is -2.33. The van der Waals surface area contributed by atoms with Gasteiger partial charge in [0.1, 0.15) is 0 Å². The number of aliphatic imine (C=N–C) groups is 1. The molecule has 0 amide bonds. The van der Waals surface area contributed by atoms with Crippen LogP contribution in [0.2, 0.25) is 0 Å². The zero-order valence-corrected chi connectivity index (χ0v) is 12.2. The number of ether oxygens (including phenoxy) is 1. The van der Waals surface area contributed by atoms with Gasteiger partial charge in [-0.2, -0.15) is 0 Å². The Balaban J connectivity index is 1.99. The van der Waals surface area contributed by atoms with Crippen LogP contribution >= 0.6 is 11.8 Å². The Morgan fingerprint density at radius 3 is 2.59 bits per heavy atom. The third-order valence-electron chi connectivity index (χ3n) is 3.87. The van der Waals surface area contributed by atoms with Gasteiger partial charge >= 0.3 is 0 Å². The summed E-state index contributed by atoms with van der Waals surface area (Å²) < 4.78 is 5.44. The average Bonchev–Trinajstić information content (AvgIpc) is 2.61. The topological polar surface area (TPSA) is 33.6 Å². The Bertz CT molecular complexity index is 303. The molecule has 1 spiro atoms. The molecule has 4 heteroatoms. The number of hydrogen-bond acceptors (Lipinski definition) is 3. The fourth-order valence-electron chi connectivity index (χ4n) is 1.98. The Labute approximate surface area is 109 Å². The summed E-state index contributed by atoms with van der Waals surface area (Å²) in [5.74, 6) is 1.14. The first-order chi connectivity index (χ1) is 7.91. The Morgan fingerprint density at radius 1 is 1.35 bits per heavy atom. The van der Waals surface area contributed by atoms with Crippen LogP contribution in [0.3, 0.4) is 0 Å². The highest BCUT2D eigenvalue weighted by Gasteiger charge is 2.39. The summed E-state index contributed by atoms with van der Waals surface area (Å²) in [5, 5.41) is 4.78. The minimum atomic E-state index is 0.237. The van der Waals surface area contributed by atoms with Crippen molar-refractivity contribution >= 4 is 16.9 Å². The van der Waals surface area contributed by atoms with E-state index in [0.717, 1.165) is 37.0 Å². The van der Waals surface area contributed by atoms with Crippen molar-refractivity contribution in [2.24, 2.45) is 10.4 Å². The molecule has 0 bridgehead atoms. The normalized spacial score (nSPS) is 28.4. The predicted molar refractivity (Wildman–Crippen MR) is 74.7 cm³/mol. The Kier molecular flexibility index (Phi) is 3.74. The van der Waals surface area contributed by atoms with E-state index >= 15 is 0 Å². The number of thioether (sulfide) groups is 1. The van der Waals surface area contributed by atoms with Crippen molar-refractivity contribution in [2.45, 2.75) is 52.1 Å². The van der Waals surface area contributed by atoms with E-state index in [2.05, 4.69) is 33.0 Å². The first-order valence-electron chi connectivity index (χ1n) is 6.48. The molecule has 17 heavy (non-hydrogen) atoms. The maximum absolute atomic E-state index is 5.44. The second-order valence-corrected chi connectivity index (χ2v) is 7.25. The monoisotopic (exact) mass is 256 g/mol. The van der Waals surface area contributed by atoms with E-state index in [-0.39, 0.29) is 11.0 Å². The number of hydrogen-bond donors (Lipinski definition) is 1. The second-order valence-electron chi connectivity index (χ2n) is 6.28. The maximum Gasteiger partial charge on any atom is 0.157 e. The first kappa shape index (κ1) is 13.2. The highest BCUT2D eigenvalue weighted by Crippen LogP contribution is 2.33. The summed E-state index contributed by atoms with van der Waals surface area (Å²) in [6.07, 6.45) is 2.23. The van der Waals surface area contributed by atoms with Crippen LogP contribution < -0.4 is 5.32 Å². The molecule has 2 aliphatic rings. The van der Waals surface area contributed by atoms with Crippen LogP contribution in [0.5, 0.6) is 0 Å². The largest absolute Gasteiger partial charge is 0.381 e. The number of rotatable bonds is 1. The van der Waals surface area contributed by atoms with Crippen LogP contribution in [0, 0.1) is 5.41 Å². The SMILES string of the molecule is CC(N=C1NC2(CCOCC2)CS1)C(C)(C)C. The number of nitrogens with zero attached hydrogens (tertiary/aromatic N) is 1. The average molecular weight is 256 g/mol. The summed E-state index contributed by atoms with van der Waals surface area (Å²) in [6, 6.07) is 0.354. The van der Waals surface area contributed by atoms with Gasteiger partial charge < -0.3 is 10.1 Å². The lowest BCUT2D eigenvalue weighted by molar-refractivity contribution is 0.0555. The molecule has 1 unspecified atom stereocenters. The van der Waals surface area contributed by atoms with Crippen molar-refractivity contribution in [1.29, 1.82) is 0 Å². The first-order valence-corrected chi connectivity index (χ1v) is 7.46. The summed E-state index contributed by atoms with van der Waals surface area (Å²) >= 11 is 1.88. The number of nitrogens with one attached hydrogen (secondary N) is 1. The van der Waals surface area contributed by atoms with Crippen LogP contribution in [0.1, 0.15) is 40.5 Å². The molecule has 0 aliphatic carbocycles. The van der Waals surface area contributed by atoms with Gasteiger partial charge in [0.05, 0.1) is 11.6 Å². The minimum absolute atomic E-state index is 0.237. The van der Waals surface area contributed by atoms with Crippen molar-refractivity contribution in [1.82, 2.24) is 5.32 Å². The molecule has 2 saturated heterocycles. The molecule has 0 aromatic rings. The van der Waals surface area contributed by atoms with E-state index in [1.54, 1.807) is 0 Å². The molecule has 0 aromatic heterocycles. The minimum Gasteiger partial charge on any atom is -0.381 e. The summed E-state index contributed by atoms with van der Waals surface area (Å²) in [6.45, 7) is 10.7. The van der Waals surface area contributed by atoms with Gasteiger partial charge in [0.2, 0.25) is 0 Å². The van der Waals surface area contributed by atoms with Gasteiger partial charge in [-0.3, -0.25) is 4.99 Å². The molecule has 0 aromatic carbocycles. The highest BCUT2D eigenvalue weighted by molar-refractivity contribution is 8.14. The van der Waals surface area contributed by atoms with Gasteiger partial charge in [0.15, 0.2) is 5.17 Å².